The smallest absolute Gasteiger partial charge is 0.309 e. The molecule has 2 rings (SSSR count). The van der Waals surface area contributed by atoms with Gasteiger partial charge in [-0.25, -0.2) is 13.1 Å². The van der Waals surface area contributed by atoms with Crippen molar-refractivity contribution in [3.8, 4) is 0 Å². The highest BCUT2D eigenvalue weighted by Gasteiger charge is 2.28. The van der Waals surface area contributed by atoms with Crippen LogP contribution < -0.4 is 4.72 Å². The van der Waals surface area contributed by atoms with Crippen LogP contribution in [-0.2, 0) is 24.3 Å². The summed E-state index contributed by atoms with van der Waals surface area (Å²) in [5.41, 5.74) is 0. The minimum Gasteiger partial charge on any atom is -0.466 e. The molecule has 0 saturated carbocycles. The Labute approximate surface area is 142 Å². The molecule has 1 amide bonds. The van der Waals surface area contributed by atoms with E-state index < -0.39 is 10.0 Å². The van der Waals surface area contributed by atoms with Gasteiger partial charge in [0.15, 0.2) is 0 Å². The van der Waals surface area contributed by atoms with Gasteiger partial charge in [-0.15, -0.1) is 0 Å². The fraction of sp³-hybridized carbons (Fsp3) is 0.500. The number of esters is 1. The molecule has 7 nitrogen and oxygen atoms in total. The molecule has 1 aromatic rings. The second-order valence-corrected chi connectivity index (χ2v) is 7.31. The highest BCUT2D eigenvalue weighted by molar-refractivity contribution is 7.89. The van der Waals surface area contributed by atoms with E-state index in [1.54, 1.807) is 30.0 Å². The van der Waals surface area contributed by atoms with Crippen LogP contribution in [0, 0.1) is 5.92 Å². The lowest BCUT2D eigenvalue weighted by Crippen LogP contribution is -2.45. The summed E-state index contributed by atoms with van der Waals surface area (Å²) in [6.07, 6.45) is 1.08. The standard InChI is InChI=1S/C16H22N2O5S/c1-2-23-16(20)13-8-10-18(11-9-13)15(19)12-17-24(21,22)14-6-4-3-5-7-14/h3-7,13,17H,2,8-12H2,1H3. The summed E-state index contributed by atoms with van der Waals surface area (Å²) in [5.74, 6) is -0.707. The molecule has 0 unspecified atom stereocenters. The molecule has 0 radical (unpaired) electrons. The van der Waals surface area contributed by atoms with Gasteiger partial charge in [0.05, 0.1) is 24.0 Å². The van der Waals surface area contributed by atoms with Crippen molar-refractivity contribution >= 4 is 21.9 Å². The number of rotatable bonds is 6. The molecule has 1 heterocycles. The fourth-order valence-corrected chi connectivity index (χ4v) is 3.57. The number of benzene rings is 1. The first-order valence-corrected chi connectivity index (χ1v) is 9.41. The number of hydrogen-bond donors (Lipinski definition) is 1. The Kier molecular flexibility index (Phi) is 6.33. The molecule has 132 valence electrons. The Morgan fingerprint density at radius 3 is 2.42 bits per heavy atom. The summed E-state index contributed by atoms with van der Waals surface area (Å²) in [6, 6.07) is 7.90. The number of likely N-dealkylation sites (tertiary alicyclic amines) is 1. The lowest BCUT2D eigenvalue weighted by Gasteiger charge is -2.30. The maximum atomic E-state index is 12.2. The molecule has 0 bridgehead atoms. The normalized spacial score (nSPS) is 16.0. The van der Waals surface area contributed by atoms with Crippen LogP contribution in [0.1, 0.15) is 19.8 Å². The average molecular weight is 354 g/mol. The topological polar surface area (TPSA) is 92.8 Å². The third-order valence-corrected chi connectivity index (χ3v) is 5.35. The van der Waals surface area contributed by atoms with Crippen LogP contribution >= 0.6 is 0 Å². The van der Waals surface area contributed by atoms with Crippen LogP contribution in [0.25, 0.3) is 0 Å². The predicted molar refractivity (Wildman–Crippen MR) is 87.6 cm³/mol. The van der Waals surface area contributed by atoms with Gasteiger partial charge >= 0.3 is 5.97 Å². The van der Waals surface area contributed by atoms with Crippen molar-refractivity contribution in [2.45, 2.75) is 24.7 Å². The molecule has 0 spiro atoms. The van der Waals surface area contributed by atoms with Crippen molar-refractivity contribution in [2.24, 2.45) is 5.92 Å². The van der Waals surface area contributed by atoms with Crippen molar-refractivity contribution < 1.29 is 22.7 Å². The van der Waals surface area contributed by atoms with E-state index >= 15 is 0 Å². The van der Waals surface area contributed by atoms with E-state index in [0.717, 1.165) is 0 Å². The third kappa shape index (κ3) is 4.78. The molecular formula is C16H22N2O5S. The van der Waals surface area contributed by atoms with Crippen molar-refractivity contribution in [3.63, 3.8) is 0 Å². The first kappa shape index (κ1) is 18.4. The van der Waals surface area contributed by atoms with Crippen LogP contribution in [0.2, 0.25) is 0 Å². The molecule has 0 aromatic heterocycles. The van der Waals surface area contributed by atoms with Crippen LogP contribution in [0.15, 0.2) is 35.2 Å². The maximum absolute atomic E-state index is 12.2. The lowest BCUT2D eigenvalue weighted by molar-refractivity contribution is -0.151. The monoisotopic (exact) mass is 354 g/mol. The van der Waals surface area contributed by atoms with Crippen LogP contribution in [0.3, 0.4) is 0 Å². The Morgan fingerprint density at radius 2 is 1.83 bits per heavy atom. The van der Waals surface area contributed by atoms with Crippen molar-refractivity contribution in [3.05, 3.63) is 30.3 Å². The number of piperidine rings is 1. The summed E-state index contributed by atoms with van der Waals surface area (Å²) in [7, 11) is -3.70. The lowest BCUT2D eigenvalue weighted by atomic mass is 9.97. The first-order chi connectivity index (χ1) is 11.4. The molecule has 1 aliphatic rings. The van der Waals surface area contributed by atoms with Gasteiger partial charge in [-0.3, -0.25) is 9.59 Å². The third-order valence-electron chi connectivity index (χ3n) is 3.93. The first-order valence-electron chi connectivity index (χ1n) is 7.93. The molecular weight excluding hydrogens is 332 g/mol. The number of amides is 1. The zero-order valence-corrected chi connectivity index (χ0v) is 14.4. The molecule has 1 saturated heterocycles. The number of carbonyl (C=O) groups excluding carboxylic acids is 2. The van der Waals surface area contributed by atoms with Crippen molar-refractivity contribution in [2.75, 3.05) is 26.2 Å². The van der Waals surface area contributed by atoms with Gasteiger partial charge in [-0.1, -0.05) is 18.2 Å². The second-order valence-electron chi connectivity index (χ2n) is 5.54. The van der Waals surface area contributed by atoms with Crippen LogP contribution in [0.4, 0.5) is 0 Å². The summed E-state index contributed by atoms with van der Waals surface area (Å²) in [5, 5.41) is 0. The zero-order valence-electron chi connectivity index (χ0n) is 13.6. The number of hydrogen-bond acceptors (Lipinski definition) is 5. The Hall–Kier alpha value is -1.93. The summed E-state index contributed by atoms with van der Waals surface area (Å²) >= 11 is 0. The van der Waals surface area contributed by atoms with Gasteiger partial charge < -0.3 is 9.64 Å². The average Bonchev–Trinajstić information content (AvgIpc) is 2.61. The van der Waals surface area contributed by atoms with Crippen LogP contribution in [0.5, 0.6) is 0 Å². The van der Waals surface area contributed by atoms with Gasteiger partial charge in [-0.05, 0) is 31.9 Å². The molecule has 1 aromatic carbocycles. The molecule has 1 N–H and O–H groups in total. The molecule has 0 aliphatic carbocycles. The van der Waals surface area contributed by atoms with Crippen LogP contribution in [-0.4, -0.2) is 51.4 Å². The zero-order chi connectivity index (χ0) is 17.6. The van der Waals surface area contributed by atoms with Gasteiger partial charge in [0.1, 0.15) is 0 Å². The van der Waals surface area contributed by atoms with E-state index in [1.165, 1.54) is 12.1 Å². The molecule has 24 heavy (non-hydrogen) atoms. The molecule has 1 aliphatic heterocycles. The van der Waals surface area contributed by atoms with E-state index in [1.807, 2.05) is 0 Å². The highest BCUT2D eigenvalue weighted by Crippen LogP contribution is 2.18. The number of nitrogens with one attached hydrogen (secondary N) is 1. The summed E-state index contributed by atoms with van der Waals surface area (Å²) in [6.45, 7) is 2.67. The maximum Gasteiger partial charge on any atom is 0.309 e. The van der Waals surface area contributed by atoms with E-state index in [-0.39, 0.29) is 29.2 Å². The van der Waals surface area contributed by atoms with Gasteiger partial charge in [0.2, 0.25) is 15.9 Å². The van der Waals surface area contributed by atoms with E-state index in [0.29, 0.717) is 32.5 Å². The van der Waals surface area contributed by atoms with Crippen molar-refractivity contribution in [1.82, 2.24) is 9.62 Å². The largest absolute Gasteiger partial charge is 0.466 e. The van der Waals surface area contributed by atoms with Gasteiger partial charge in [-0.2, -0.15) is 0 Å². The molecule has 0 atom stereocenters. The number of carbonyl (C=O) groups is 2. The fourth-order valence-electron chi connectivity index (χ4n) is 2.58. The number of sulfonamides is 1. The Morgan fingerprint density at radius 1 is 1.21 bits per heavy atom. The van der Waals surface area contributed by atoms with Gasteiger partial charge in [0.25, 0.3) is 0 Å². The predicted octanol–water partition coefficient (Wildman–Crippen LogP) is 0.767. The molecule has 1 fully saturated rings. The highest BCUT2D eigenvalue weighted by atomic mass is 32.2. The number of ether oxygens (including phenoxy) is 1. The number of nitrogens with zero attached hydrogens (tertiary/aromatic N) is 1. The Balaban J connectivity index is 1.83. The van der Waals surface area contributed by atoms with E-state index in [4.69, 9.17) is 4.74 Å². The van der Waals surface area contributed by atoms with E-state index in [2.05, 4.69) is 4.72 Å². The minimum atomic E-state index is -3.70. The quantitative estimate of drug-likeness (QED) is 0.762. The molecule has 8 heteroatoms. The summed E-state index contributed by atoms with van der Waals surface area (Å²) < 4.78 is 31.5. The Bertz CT molecular complexity index is 667. The van der Waals surface area contributed by atoms with E-state index in [9.17, 15) is 18.0 Å². The summed E-state index contributed by atoms with van der Waals surface area (Å²) in [4.78, 5) is 25.5. The minimum absolute atomic E-state index is 0.124. The van der Waals surface area contributed by atoms with Gasteiger partial charge in [0, 0.05) is 13.1 Å². The SMILES string of the molecule is CCOC(=O)C1CCN(C(=O)CNS(=O)(=O)c2ccccc2)CC1. The van der Waals surface area contributed by atoms with Crippen molar-refractivity contribution in [1.29, 1.82) is 0 Å². The second kappa shape index (κ2) is 8.25.